The molecule has 5 rings (SSSR count). The van der Waals surface area contributed by atoms with E-state index in [2.05, 4.69) is 53.9 Å². The van der Waals surface area contributed by atoms with Crippen LogP contribution in [-0.4, -0.2) is 47.7 Å². The molecule has 2 aliphatic heterocycles. The van der Waals surface area contributed by atoms with Gasteiger partial charge in [0, 0.05) is 0 Å². The zero-order valence-electron chi connectivity index (χ0n) is 27.8. The maximum absolute atomic E-state index is 14.3. The zero-order valence-corrected chi connectivity index (χ0v) is 27.8. The van der Waals surface area contributed by atoms with Crippen molar-refractivity contribution >= 4 is 31.5 Å². The molecule has 0 aromatic heterocycles. The number of carbonyl (C=O) groups is 4. The van der Waals surface area contributed by atoms with Crippen LogP contribution in [0.2, 0.25) is 0 Å². The number of likely N-dealkylation sites (tertiary alicyclic amines) is 2. The van der Waals surface area contributed by atoms with E-state index in [1.54, 1.807) is 11.0 Å². The number of amides is 4. The molecule has 4 fully saturated rings. The number of hydrogen-bond donors (Lipinski definition) is 0. The smallest absolute Gasteiger partial charge is 0.234 e. The van der Waals surface area contributed by atoms with E-state index in [1.807, 2.05) is 12.2 Å². The first-order valence-electron chi connectivity index (χ1n) is 17.2. The van der Waals surface area contributed by atoms with Crippen LogP contribution in [0.1, 0.15) is 80.8 Å². The lowest BCUT2D eigenvalue weighted by atomic mass is 9.81. The van der Waals surface area contributed by atoms with Gasteiger partial charge in [0.25, 0.3) is 0 Å². The first kappa shape index (κ1) is 33.2. The van der Waals surface area contributed by atoms with E-state index < -0.39 is 23.7 Å². The standard InChI is InChI=1S/C38H49BN2O4/c1-8-21-17-23(15-16-24-18-22(9-2)32-34(24)38(45)41(20-39)37(32)44)33-31(21)35(42)40(36(33)43)19-30-28(13-6)26(11-4)25(10-3)27(12-5)29(30)14-7/h8-9,15-16,21-24,31-34H,1-2,10-14,17-20H2,3-7H3/b16-15-. The van der Waals surface area contributed by atoms with Gasteiger partial charge in [0.15, 0.2) is 0 Å². The summed E-state index contributed by atoms with van der Waals surface area (Å²) in [6, 6.07) is 0. The number of allylic oxidation sites excluding steroid dienone is 4. The van der Waals surface area contributed by atoms with Crippen molar-refractivity contribution < 1.29 is 19.2 Å². The van der Waals surface area contributed by atoms with Crippen LogP contribution in [0.4, 0.5) is 0 Å². The average Bonchev–Trinajstić information content (AvgIpc) is 3.75. The Morgan fingerprint density at radius 2 is 0.867 bits per heavy atom. The summed E-state index contributed by atoms with van der Waals surface area (Å²) in [5.74, 6) is -2.87. The van der Waals surface area contributed by atoms with Crippen LogP contribution >= 0.6 is 0 Å². The third kappa shape index (κ3) is 5.09. The van der Waals surface area contributed by atoms with Crippen molar-refractivity contribution in [3.8, 4) is 0 Å². The van der Waals surface area contributed by atoms with Gasteiger partial charge in [-0.2, -0.15) is 0 Å². The van der Waals surface area contributed by atoms with Gasteiger partial charge >= 0.3 is 0 Å². The SMILES string of the molecule is [B]CN1C(=O)C2C(C=C)CC(/C=C\C3CC(C=C)C4C(=O)N(Cc5c(CC)c(CC)c(CC)c(CC)c5CC)C(=O)C34)C2C1=O. The first-order chi connectivity index (χ1) is 21.7. The van der Waals surface area contributed by atoms with Crippen molar-refractivity contribution in [2.45, 2.75) is 86.1 Å². The quantitative estimate of drug-likeness (QED) is 0.178. The highest BCUT2D eigenvalue weighted by atomic mass is 16.2. The molecule has 2 saturated carbocycles. The van der Waals surface area contributed by atoms with Gasteiger partial charge in [-0.1, -0.05) is 58.9 Å². The first-order valence-corrected chi connectivity index (χ1v) is 17.2. The summed E-state index contributed by atoms with van der Waals surface area (Å²) in [5.41, 5.74) is 7.97. The number of nitrogens with zero attached hydrogens (tertiary/aromatic N) is 2. The van der Waals surface area contributed by atoms with E-state index in [1.165, 1.54) is 27.8 Å². The monoisotopic (exact) mass is 608 g/mol. The van der Waals surface area contributed by atoms with Gasteiger partial charge in [-0.05, 0) is 108 Å². The predicted octanol–water partition coefficient (Wildman–Crippen LogP) is 5.53. The molecule has 2 heterocycles. The lowest BCUT2D eigenvalue weighted by Crippen LogP contribution is -2.34. The molecule has 1 aromatic rings. The molecule has 6 nitrogen and oxygen atoms in total. The number of fused-ring (bicyclic) bond motifs is 2. The van der Waals surface area contributed by atoms with Crippen LogP contribution < -0.4 is 0 Å². The summed E-state index contributed by atoms with van der Waals surface area (Å²) in [5, 5.41) is 0. The minimum Gasteiger partial charge on any atom is -0.291 e. The average molecular weight is 609 g/mol. The molecular weight excluding hydrogens is 559 g/mol. The second-order valence-corrected chi connectivity index (χ2v) is 13.3. The molecule has 4 aliphatic rings. The molecule has 8 unspecified atom stereocenters. The van der Waals surface area contributed by atoms with E-state index in [0.717, 1.165) is 42.6 Å². The molecule has 7 heteroatoms. The van der Waals surface area contributed by atoms with Crippen LogP contribution in [0.15, 0.2) is 37.5 Å². The molecule has 238 valence electrons. The molecule has 0 bridgehead atoms. The molecule has 8 atom stereocenters. The Morgan fingerprint density at radius 1 is 0.556 bits per heavy atom. The van der Waals surface area contributed by atoms with Crippen molar-refractivity contribution in [1.29, 1.82) is 0 Å². The number of hydrogen-bond acceptors (Lipinski definition) is 4. The Hall–Kier alpha value is -3.22. The number of carbonyl (C=O) groups excluding carboxylic acids is 4. The lowest BCUT2D eigenvalue weighted by Gasteiger charge is -2.28. The van der Waals surface area contributed by atoms with Gasteiger partial charge in [-0.3, -0.25) is 29.0 Å². The normalized spacial score (nSPS) is 31.0. The minimum atomic E-state index is -0.461. The molecule has 2 aliphatic carbocycles. The van der Waals surface area contributed by atoms with Crippen molar-refractivity contribution in [1.82, 2.24) is 9.80 Å². The van der Waals surface area contributed by atoms with E-state index in [4.69, 9.17) is 7.85 Å². The number of imide groups is 2. The van der Waals surface area contributed by atoms with Crippen molar-refractivity contribution in [2.75, 3.05) is 6.44 Å². The molecule has 2 saturated heterocycles. The van der Waals surface area contributed by atoms with Crippen LogP contribution in [0.25, 0.3) is 0 Å². The number of benzene rings is 1. The Bertz CT molecular complexity index is 1410. The largest absolute Gasteiger partial charge is 0.291 e. The number of rotatable bonds is 12. The van der Waals surface area contributed by atoms with Gasteiger partial charge in [-0.15, -0.1) is 13.2 Å². The lowest BCUT2D eigenvalue weighted by molar-refractivity contribution is -0.142. The topological polar surface area (TPSA) is 74.8 Å². The summed E-state index contributed by atoms with van der Waals surface area (Å²) in [4.78, 5) is 57.2. The highest BCUT2D eigenvalue weighted by Gasteiger charge is 2.59. The van der Waals surface area contributed by atoms with Crippen LogP contribution in [0.3, 0.4) is 0 Å². The second kappa shape index (κ2) is 13.3. The Labute approximate surface area is 270 Å². The van der Waals surface area contributed by atoms with Crippen molar-refractivity contribution in [3.05, 3.63) is 70.8 Å². The molecule has 1 aromatic carbocycles. The summed E-state index contributed by atoms with van der Waals surface area (Å²) >= 11 is 0. The van der Waals surface area contributed by atoms with E-state index >= 15 is 0 Å². The molecular formula is C38H49BN2O4. The fourth-order valence-corrected chi connectivity index (χ4v) is 9.64. The molecule has 0 N–H and O–H groups in total. The van der Waals surface area contributed by atoms with Crippen LogP contribution in [-0.2, 0) is 57.8 Å². The zero-order chi connectivity index (χ0) is 32.7. The van der Waals surface area contributed by atoms with Gasteiger partial charge in [0.1, 0.15) is 0 Å². The maximum Gasteiger partial charge on any atom is 0.234 e. The van der Waals surface area contributed by atoms with Gasteiger partial charge in [0.2, 0.25) is 23.6 Å². The summed E-state index contributed by atoms with van der Waals surface area (Å²) in [6.07, 6.45) is 13.5. The van der Waals surface area contributed by atoms with Crippen LogP contribution in [0.5, 0.6) is 0 Å². The highest BCUT2D eigenvalue weighted by molar-refractivity contribution is 6.15. The van der Waals surface area contributed by atoms with E-state index in [0.29, 0.717) is 19.4 Å². The summed E-state index contributed by atoms with van der Waals surface area (Å²) in [6.45, 7) is 19.3. The predicted molar refractivity (Wildman–Crippen MR) is 178 cm³/mol. The maximum atomic E-state index is 14.3. The summed E-state index contributed by atoms with van der Waals surface area (Å²) in [7, 11) is 5.75. The van der Waals surface area contributed by atoms with Gasteiger partial charge in [-0.25, -0.2) is 0 Å². The second-order valence-electron chi connectivity index (χ2n) is 13.3. The van der Waals surface area contributed by atoms with E-state index in [9.17, 15) is 19.2 Å². The Morgan fingerprint density at radius 3 is 1.18 bits per heavy atom. The van der Waals surface area contributed by atoms with Gasteiger partial charge in [0.05, 0.1) is 38.1 Å². The molecule has 2 radical (unpaired) electrons. The molecule has 45 heavy (non-hydrogen) atoms. The van der Waals surface area contributed by atoms with Crippen molar-refractivity contribution in [3.63, 3.8) is 0 Å². The minimum absolute atomic E-state index is 0.0895. The highest BCUT2D eigenvalue weighted by Crippen LogP contribution is 2.52. The van der Waals surface area contributed by atoms with E-state index in [-0.39, 0.29) is 53.7 Å². The Kier molecular flexibility index (Phi) is 9.77. The third-order valence-electron chi connectivity index (χ3n) is 11.6. The van der Waals surface area contributed by atoms with Gasteiger partial charge < -0.3 is 0 Å². The Balaban J connectivity index is 1.47. The summed E-state index contributed by atoms with van der Waals surface area (Å²) < 4.78 is 0. The third-order valence-corrected chi connectivity index (χ3v) is 11.6. The van der Waals surface area contributed by atoms with Crippen molar-refractivity contribution in [2.24, 2.45) is 47.3 Å². The molecule has 0 spiro atoms. The fraction of sp³-hybridized carbons (Fsp3) is 0.579. The molecule has 4 amide bonds. The van der Waals surface area contributed by atoms with Crippen LogP contribution in [0, 0.1) is 47.3 Å². The fourth-order valence-electron chi connectivity index (χ4n) is 9.64.